The van der Waals surface area contributed by atoms with E-state index in [4.69, 9.17) is 0 Å². The topological polar surface area (TPSA) is 41.1 Å². The molecular weight excluding hydrogens is 220 g/mol. The molecular formula is C12H20N2OS. The molecule has 90 valence electrons. The number of carbonyl (C=O) groups is 1. The van der Waals surface area contributed by atoms with Gasteiger partial charge in [-0.05, 0) is 24.4 Å². The van der Waals surface area contributed by atoms with Gasteiger partial charge in [0, 0.05) is 17.3 Å². The minimum absolute atomic E-state index is 0.138. The van der Waals surface area contributed by atoms with E-state index in [-0.39, 0.29) is 5.91 Å². The van der Waals surface area contributed by atoms with Gasteiger partial charge in [0.1, 0.15) is 0 Å². The van der Waals surface area contributed by atoms with Crippen molar-refractivity contribution < 1.29 is 4.79 Å². The molecule has 0 saturated heterocycles. The monoisotopic (exact) mass is 240 g/mol. The molecule has 4 heteroatoms. The molecule has 0 radical (unpaired) electrons. The van der Waals surface area contributed by atoms with Crippen molar-refractivity contribution in [3.05, 3.63) is 22.4 Å². The largest absolute Gasteiger partial charge is 0.351 e. The molecule has 0 fully saturated rings. The van der Waals surface area contributed by atoms with Crippen molar-refractivity contribution >= 4 is 17.2 Å². The van der Waals surface area contributed by atoms with Crippen LogP contribution in [0.3, 0.4) is 0 Å². The molecule has 3 nitrogen and oxygen atoms in total. The third kappa shape index (κ3) is 5.88. The van der Waals surface area contributed by atoms with Crippen molar-refractivity contribution in [1.29, 1.82) is 0 Å². The van der Waals surface area contributed by atoms with Crippen molar-refractivity contribution in [2.75, 3.05) is 6.54 Å². The van der Waals surface area contributed by atoms with Crippen LogP contribution in [-0.4, -0.2) is 18.5 Å². The summed E-state index contributed by atoms with van der Waals surface area (Å²) in [5, 5.41) is 8.23. The fourth-order valence-corrected chi connectivity index (χ4v) is 1.97. The van der Waals surface area contributed by atoms with Crippen LogP contribution in [0.2, 0.25) is 0 Å². The summed E-state index contributed by atoms with van der Waals surface area (Å²) in [4.78, 5) is 12.7. The van der Waals surface area contributed by atoms with Gasteiger partial charge in [0.2, 0.25) is 5.91 Å². The molecule has 1 rings (SSSR count). The molecule has 1 aromatic heterocycles. The fourth-order valence-electron chi connectivity index (χ4n) is 1.33. The normalized spacial score (nSPS) is 10.7. The highest BCUT2D eigenvalue weighted by atomic mass is 32.1. The lowest BCUT2D eigenvalue weighted by Crippen LogP contribution is -2.26. The number of nitrogens with one attached hydrogen (secondary N) is 2. The Morgan fingerprint density at radius 2 is 2.31 bits per heavy atom. The molecule has 16 heavy (non-hydrogen) atoms. The Morgan fingerprint density at radius 1 is 1.50 bits per heavy atom. The molecule has 0 bridgehead atoms. The van der Waals surface area contributed by atoms with Gasteiger partial charge in [0.15, 0.2) is 0 Å². The SMILES string of the molecule is CC(C)NCCCC(=O)NCc1cccs1. The third-order valence-corrected chi connectivity index (χ3v) is 3.05. The predicted octanol–water partition coefficient (Wildman–Crippen LogP) is 2.14. The Hall–Kier alpha value is -0.870. The summed E-state index contributed by atoms with van der Waals surface area (Å²) >= 11 is 1.67. The molecule has 0 spiro atoms. The lowest BCUT2D eigenvalue weighted by atomic mass is 10.2. The second kappa shape index (κ2) is 7.41. The summed E-state index contributed by atoms with van der Waals surface area (Å²) in [7, 11) is 0. The summed E-state index contributed by atoms with van der Waals surface area (Å²) in [6.45, 7) is 5.78. The second-order valence-electron chi connectivity index (χ2n) is 4.07. The van der Waals surface area contributed by atoms with Crippen molar-refractivity contribution in [1.82, 2.24) is 10.6 Å². The van der Waals surface area contributed by atoms with Crippen molar-refractivity contribution in [2.45, 2.75) is 39.3 Å². The van der Waals surface area contributed by atoms with Gasteiger partial charge in [-0.2, -0.15) is 0 Å². The van der Waals surface area contributed by atoms with Crippen LogP contribution in [-0.2, 0) is 11.3 Å². The first-order valence-electron chi connectivity index (χ1n) is 5.71. The number of amides is 1. The maximum Gasteiger partial charge on any atom is 0.220 e. The van der Waals surface area contributed by atoms with Gasteiger partial charge in [0.05, 0.1) is 6.54 Å². The molecule has 1 amide bonds. The zero-order valence-electron chi connectivity index (χ0n) is 9.95. The second-order valence-corrected chi connectivity index (χ2v) is 5.10. The van der Waals surface area contributed by atoms with Gasteiger partial charge >= 0.3 is 0 Å². The van der Waals surface area contributed by atoms with Crippen LogP contribution in [0.4, 0.5) is 0 Å². The number of rotatable bonds is 7. The van der Waals surface area contributed by atoms with Crippen molar-refractivity contribution in [2.24, 2.45) is 0 Å². The number of hydrogen-bond donors (Lipinski definition) is 2. The Balaban J connectivity index is 2.03. The maximum atomic E-state index is 11.4. The zero-order chi connectivity index (χ0) is 11.8. The van der Waals surface area contributed by atoms with Crippen LogP contribution in [0.1, 0.15) is 31.6 Å². The average molecular weight is 240 g/mol. The lowest BCUT2D eigenvalue weighted by Gasteiger charge is -2.07. The van der Waals surface area contributed by atoms with E-state index >= 15 is 0 Å². The van der Waals surface area contributed by atoms with E-state index in [1.807, 2.05) is 17.5 Å². The third-order valence-electron chi connectivity index (χ3n) is 2.17. The van der Waals surface area contributed by atoms with Crippen LogP contribution in [0.5, 0.6) is 0 Å². The quantitative estimate of drug-likeness (QED) is 0.717. The maximum absolute atomic E-state index is 11.4. The van der Waals surface area contributed by atoms with E-state index < -0.39 is 0 Å². The first-order chi connectivity index (χ1) is 7.68. The molecule has 1 heterocycles. The fraction of sp³-hybridized carbons (Fsp3) is 0.583. The lowest BCUT2D eigenvalue weighted by molar-refractivity contribution is -0.121. The molecule has 0 unspecified atom stereocenters. The predicted molar refractivity (Wildman–Crippen MR) is 68.5 cm³/mol. The summed E-state index contributed by atoms with van der Waals surface area (Å²) in [5.41, 5.74) is 0. The molecule has 0 saturated carbocycles. The number of thiophene rings is 1. The van der Waals surface area contributed by atoms with E-state index in [0.29, 0.717) is 19.0 Å². The highest BCUT2D eigenvalue weighted by Crippen LogP contribution is 2.07. The Bertz CT molecular complexity index is 296. The minimum atomic E-state index is 0.138. The van der Waals surface area contributed by atoms with E-state index in [0.717, 1.165) is 13.0 Å². The first-order valence-corrected chi connectivity index (χ1v) is 6.59. The Labute approximate surface area is 101 Å². The molecule has 0 aromatic carbocycles. The average Bonchev–Trinajstić information content (AvgIpc) is 2.74. The first kappa shape index (κ1) is 13.2. The van der Waals surface area contributed by atoms with Gasteiger partial charge in [0.25, 0.3) is 0 Å². The highest BCUT2D eigenvalue weighted by molar-refractivity contribution is 7.09. The van der Waals surface area contributed by atoms with Crippen molar-refractivity contribution in [3.8, 4) is 0 Å². The summed E-state index contributed by atoms with van der Waals surface area (Å²) in [5.74, 6) is 0.138. The Morgan fingerprint density at radius 3 is 2.94 bits per heavy atom. The molecule has 0 aliphatic carbocycles. The van der Waals surface area contributed by atoms with Crippen LogP contribution in [0.25, 0.3) is 0 Å². The van der Waals surface area contributed by atoms with Gasteiger partial charge in [-0.25, -0.2) is 0 Å². The van der Waals surface area contributed by atoms with Crippen LogP contribution in [0.15, 0.2) is 17.5 Å². The highest BCUT2D eigenvalue weighted by Gasteiger charge is 2.01. The van der Waals surface area contributed by atoms with E-state index in [9.17, 15) is 4.79 Å². The Kier molecular flexibility index (Phi) is 6.11. The van der Waals surface area contributed by atoms with E-state index in [1.165, 1.54) is 4.88 Å². The van der Waals surface area contributed by atoms with Crippen LogP contribution >= 0.6 is 11.3 Å². The van der Waals surface area contributed by atoms with Gasteiger partial charge in [-0.3, -0.25) is 4.79 Å². The van der Waals surface area contributed by atoms with Crippen molar-refractivity contribution in [3.63, 3.8) is 0 Å². The zero-order valence-corrected chi connectivity index (χ0v) is 10.8. The summed E-state index contributed by atoms with van der Waals surface area (Å²) in [6.07, 6.45) is 1.50. The molecule has 1 aromatic rings. The van der Waals surface area contributed by atoms with Gasteiger partial charge in [-0.15, -0.1) is 11.3 Å². The molecule has 2 N–H and O–H groups in total. The molecule has 0 atom stereocenters. The van der Waals surface area contributed by atoms with Crippen LogP contribution in [0, 0.1) is 0 Å². The van der Waals surface area contributed by atoms with Gasteiger partial charge < -0.3 is 10.6 Å². The van der Waals surface area contributed by atoms with E-state index in [1.54, 1.807) is 11.3 Å². The van der Waals surface area contributed by atoms with Gasteiger partial charge in [-0.1, -0.05) is 19.9 Å². The number of hydrogen-bond acceptors (Lipinski definition) is 3. The smallest absolute Gasteiger partial charge is 0.220 e. The molecule has 0 aliphatic heterocycles. The summed E-state index contributed by atoms with van der Waals surface area (Å²) < 4.78 is 0. The van der Waals surface area contributed by atoms with E-state index in [2.05, 4.69) is 24.5 Å². The summed E-state index contributed by atoms with van der Waals surface area (Å²) in [6, 6.07) is 4.53. The van der Waals surface area contributed by atoms with Crippen LogP contribution < -0.4 is 10.6 Å². The minimum Gasteiger partial charge on any atom is -0.351 e. The standard InChI is InChI=1S/C12H20N2OS/c1-10(2)13-7-3-6-12(15)14-9-11-5-4-8-16-11/h4-5,8,10,13H,3,6-7,9H2,1-2H3,(H,14,15). The number of carbonyl (C=O) groups excluding carboxylic acids is 1. The molecule has 0 aliphatic rings.